The lowest BCUT2D eigenvalue weighted by Crippen LogP contribution is -2.26. The number of nitrogens with zero attached hydrogens (tertiary/aromatic N) is 1. The molecule has 0 rings (SSSR count). The van der Waals surface area contributed by atoms with Crippen LogP contribution < -0.4 is 0 Å². The number of aliphatic hydroxyl groups is 1. The normalized spacial score (nSPS) is 13.5. The largest absolute Gasteiger partial charge is 0.378 e. The maximum Gasteiger partial charge on any atom is 0.106 e. The fourth-order valence-corrected chi connectivity index (χ4v) is 0.874. The molecule has 0 amide bonds. The van der Waals surface area contributed by atoms with Gasteiger partial charge in [0.25, 0.3) is 0 Å². The van der Waals surface area contributed by atoms with Crippen LogP contribution in [0.3, 0.4) is 0 Å². The molecule has 0 aliphatic heterocycles. The number of rotatable bonds is 6. The van der Waals surface area contributed by atoms with Crippen molar-refractivity contribution in [2.24, 2.45) is 0 Å². The number of hydrogen-bond donors (Lipinski definition) is 1. The van der Waals surface area contributed by atoms with Crippen LogP contribution in [0, 0.1) is 0 Å². The summed E-state index contributed by atoms with van der Waals surface area (Å²) < 4.78 is 0. The van der Waals surface area contributed by atoms with Crippen LogP contribution in [-0.4, -0.2) is 30.3 Å². The van der Waals surface area contributed by atoms with Crippen molar-refractivity contribution in [1.29, 1.82) is 0 Å². The Labute approximate surface area is 69.5 Å². The molecule has 0 aliphatic rings. The molecular formula is C9H19NO. The summed E-state index contributed by atoms with van der Waals surface area (Å²) in [6, 6.07) is 0. The van der Waals surface area contributed by atoms with Gasteiger partial charge in [-0.3, -0.25) is 4.90 Å². The summed E-state index contributed by atoms with van der Waals surface area (Å²) in [7, 11) is 3.77. The van der Waals surface area contributed by atoms with Crippen molar-refractivity contribution in [2.75, 3.05) is 14.1 Å². The van der Waals surface area contributed by atoms with Crippen molar-refractivity contribution in [3.05, 3.63) is 12.7 Å². The van der Waals surface area contributed by atoms with Crippen molar-refractivity contribution < 1.29 is 5.11 Å². The lowest BCUT2D eigenvalue weighted by atomic mass is 10.2. The van der Waals surface area contributed by atoms with Crippen LogP contribution in [0.2, 0.25) is 0 Å². The fourth-order valence-electron chi connectivity index (χ4n) is 0.874. The van der Waals surface area contributed by atoms with Crippen LogP contribution in [0.15, 0.2) is 12.7 Å². The van der Waals surface area contributed by atoms with Gasteiger partial charge in [0.05, 0.1) is 0 Å². The molecule has 1 N–H and O–H groups in total. The topological polar surface area (TPSA) is 23.5 Å². The Kier molecular flexibility index (Phi) is 6.18. The molecule has 2 nitrogen and oxygen atoms in total. The summed E-state index contributed by atoms with van der Waals surface area (Å²) in [5, 5.41) is 9.33. The molecule has 0 saturated carbocycles. The van der Waals surface area contributed by atoms with Crippen molar-refractivity contribution >= 4 is 0 Å². The van der Waals surface area contributed by atoms with E-state index in [1.165, 1.54) is 0 Å². The molecule has 0 bridgehead atoms. The first-order valence-corrected chi connectivity index (χ1v) is 4.14. The van der Waals surface area contributed by atoms with E-state index in [1.54, 1.807) is 0 Å². The average molecular weight is 157 g/mol. The molecule has 0 aromatic rings. The minimum absolute atomic E-state index is 0.278. The number of allylic oxidation sites excluding steroid dienone is 1. The van der Waals surface area contributed by atoms with Crippen LogP contribution in [0.5, 0.6) is 0 Å². The van der Waals surface area contributed by atoms with Gasteiger partial charge < -0.3 is 5.11 Å². The van der Waals surface area contributed by atoms with E-state index in [0.717, 1.165) is 25.7 Å². The molecule has 1 atom stereocenters. The summed E-state index contributed by atoms with van der Waals surface area (Å²) in [6.07, 6.45) is 5.77. The predicted octanol–water partition coefficient (Wildman–Crippen LogP) is 1.61. The molecule has 0 heterocycles. The first kappa shape index (κ1) is 10.7. The molecule has 0 radical (unpaired) electrons. The zero-order valence-corrected chi connectivity index (χ0v) is 7.58. The van der Waals surface area contributed by atoms with Gasteiger partial charge in [-0.05, 0) is 39.8 Å². The molecule has 0 saturated heterocycles. The van der Waals surface area contributed by atoms with Gasteiger partial charge in [0, 0.05) is 0 Å². The summed E-state index contributed by atoms with van der Waals surface area (Å²) in [4.78, 5) is 1.83. The zero-order valence-electron chi connectivity index (χ0n) is 7.58. The third-order valence-corrected chi connectivity index (χ3v) is 1.72. The Morgan fingerprint density at radius 3 is 2.55 bits per heavy atom. The maximum atomic E-state index is 9.33. The second-order valence-electron chi connectivity index (χ2n) is 3.02. The van der Waals surface area contributed by atoms with Crippen LogP contribution in [0.4, 0.5) is 0 Å². The van der Waals surface area contributed by atoms with E-state index in [-0.39, 0.29) is 6.23 Å². The molecular weight excluding hydrogens is 138 g/mol. The smallest absolute Gasteiger partial charge is 0.106 e. The summed E-state index contributed by atoms with van der Waals surface area (Å²) in [5.74, 6) is 0. The van der Waals surface area contributed by atoms with Gasteiger partial charge in [-0.25, -0.2) is 0 Å². The minimum atomic E-state index is -0.278. The van der Waals surface area contributed by atoms with Crippen LogP contribution in [0.25, 0.3) is 0 Å². The highest BCUT2D eigenvalue weighted by Crippen LogP contribution is 2.04. The third kappa shape index (κ3) is 6.07. The second kappa shape index (κ2) is 6.38. The average Bonchev–Trinajstić information content (AvgIpc) is 1.97. The molecule has 0 fully saturated rings. The van der Waals surface area contributed by atoms with Crippen molar-refractivity contribution in [3.8, 4) is 0 Å². The van der Waals surface area contributed by atoms with Crippen molar-refractivity contribution in [1.82, 2.24) is 4.90 Å². The quantitative estimate of drug-likeness (QED) is 0.360. The van der Waals surface area contributed by atoms with E-state index in [2.05, 4.69) is 6.58 Å². The van der Waals surface area contributed by atoms with Crippen LogP contribution >= 0.6 is 0 Å². The lowest BCUT2D eigenvalue weighted by molar-refractivity contribution is 0.0315. The van der Waals surface area contributed by atoms with Gasteiger partial charge in [-0.2, -0.15) is 0 Å². The lowest BCUT2D eigenvalue weighted by Gasteiger charge is -2.17. The minimum Gasteiger partial charge on any atom is -0.378 e. The summed E-state index contributed by atoms with van der Waals surface area (Å²) >= 11 is 0. The van der Waals surface area contributed by atoms with Gasteiger partial charge in [-0.15, -0.1) is 6.58 Å². The Morgan fingerprint density at radius 2 is 2.09 bits per heavy atom. The molecule has 1 unspecified atom stereocenters. The Bertz CT molecular complexity index is 102. The first-order valence-electron chi connectivity index (χ1n) is 4.14. The number of aliphatic hydroxyl groups excluding tert-OH is 1. The van der Waals surface area contributed by atoms with E-state index in [0.29, 0.717) is 0 Å². The molecule has 0 aromatic heterocycles. The number of unbranched alkanes of at least 4 members (excludes halogenated alkanes) is 2. The molecule has 0 spiro atoms. The third-order valence-electron chi connectivity index (χ3n) is 1.72. The van der Waals surface area contributed by atoms with Crippen LogP contribution in [-0.2, 0) is 0 Å². The van der Waals surface area contributed by atoms with E-state index in [4.69, 9.17) is 0 Å². The van der Waals surface area contributed by atoms with Gasteiger partial charge in [0.15, 0.2) is 0 Å². The SMILES string of the molecule is C=CCCCCC(O)N(C)C. The highest BCUT2D eigenvalue weighted by atomic mass is 16.3. The zero-order chi connectivity index (χ0) is 8.69. The van der Waals surface area contributed by atoms with E-state index < -0.39 is 0 Å². The Morgan fingerprint density at radius 1 is 1.45 bits per heavy atom. The highest BCUT2D eigenvalue weighted by molar-refractivity contribution is 4.66. The molecule has 66 valence electrons. The van der Waals surface area contributed by atoms with Gasteiger partial charge in [0.2, 0.25) is 0 Å². The first-order chi connectivity index (χ1) is 5.18. The van der Waals surface area contributed by atoms with Crippen molar-refractivity contribution in [3.63, 3.8) is 0 Å². The number of hydrogen-bond acceptors (Lipinski definition) is 2. The molecule has 0 aliphatic carbocycles. The molecule has 0 aromatic carbocycles. The standard InChI is InChI=1S/C9H19NO/c1-4-5-6-7-8-9(11)10(2)3/h4,9,11H,1,5-8H2,2-3H3. The Balaban J connectivity index is 3.17. The highest BCUT2D eigenvalue weighted by Gasteiger charge is 2.03. The maximum absolute atomic E-state index is 9.33. The Hall–Kier alpha value is -0.340. The predicted molar refractivity (Wildman–Crippen MR) is 48.4 cm³/mol. The van der Waals surface area contributed by atoms with E-state index >= 15 is 0 Å². The van der Waals surface area contributed by atoms with E-state index in [9.17, 15) is 5.11 Å². The van der Waals surface area contributed by atoms with Crippen molar-refractivity contribution in [2.45, 2.75) is 31.9 Å². The van der Waals surface area contributed by atoms with Gasteiger partial charge in [0.1, 0.15) is 6.23 Å². The van der Waals surface area contributed by atoms with Gasteiger partial charge in [-0.1, -0.05) is 6.08 Å². The summed E-state index contributed by atoms with van der Waals surface area (Å²) in [6.45, 7) is 3.64. The summed E-state index contributed by atoms with van der Waals surface area (Å²) in [5.41, 5.74) is 0. The fraction of sp³-hybridized carbons (Fsp3) is 0.778. The second-order valence-corrected chi connectivity index (χ2v) is 3.02. The molecule has 11 heavy (non-hydrogen) atoms. The monoisotopic (exact) mass is 157 g/mol. The molecule has 2 heteroatoms. The van der Waals surface area contributed by atoms with Crippen LogP contribution in [0.1, 0.15) is 25.7 Å². The van der Waals surface area contributed by atoms with Gasteiger partial charge >= 0.3 is 0 Å². The van der Waals surface area contributed by atoms with E-state index in [1.807, 2.05) is 25.1 Å².